The van der Waals surface area contributed by atoms with E-state index in [0.29, 0.717) is 12.8 Å². The van der Waals surface area contributed by atoms with Crippen molar-refractivity contribution in [2.24, 2.45) is 5.92 Å². The number of aliphatic hydroxyl groups excluding tert-OH is 2. The second-order valence-corrected chi connectivity index (χ2v) is 17.4. The number of esters is 2. The Hall–Kier alpha value is -1.85. The maximum Gasteiger partial charge on any atom is 0.472 e. The molecule has 12 heteroatoms. The van der Waals surface area contributed by atoms with Gasteiger partial charge in [0, 0.05) is 12.8 Å². The fourth-order valence-electron chi connectivity index (χ4n) is 6.32. The third-order valence-electron chi connectivity index (χ3n) is 9.90. The van der Waals surface area contributed by atoms with E-state index in [1.807, 2.05) is 0 Å². The van der Waals surface area contributed by atoms with Crippen LogP contribution in [0, 0.1) is 5.92 Å². The molecule has 1 aliphatic heterocycles. The molecule has 1 aliphatic rings. The molecule has 332 valence electrons. The second-order valence-electron chi connectivity index (χ2n) is 15.9. The summed E-state index contributed by atoms with van der Waals surface area (Å²) in [5.74, 6) is -0.188. The van der Waals surface area contributed by atoms with Crippen LogP contribution in [-0.2, 0) is 37.4 Å². The first-order valence-electron chi connectivity index (χ1n) is 22.4. The van der Waals surface area contributed by atoms with Gasteiger partial charge in [0.25, 0.3) is 0 Å². The van der Waals surface area contributed by atoms with Crippen LogP contribution in [0.25, 0.3) is 0 Å². The number of hydrogen-bond acceptors (Lipinski definition) is 10. The smallest absolute Gasteiger partial charge is 0.462 e. The first-order chi connectivity index (χ1) is 27.6. The number of phosphoric acid groups is 1. The highest BCUT2D eigenvalue weighted by Gasteiger charge is 2.36. The van der Waals surface area contributed by atoms with Gasteiger partial charge in [0.1, 0.15) is 12.7 Å². The van der Waals surface area contributed by atoms with Gasteiger partial charge in [0.15, 0.2) is 6.10 Å². The monoisotopic (exact) mass is 829 g/mol. The molecule has 5 atom stereocenters. The van der Waals surface area contributed by atoms with Gasteiger partial charge >= 0.3 is 19.8 Å². The molecule has 0 aromatic carbocycles. The van der Waals surface area contributed by atoms with Gasteiger partial charge in [-0.15, -0.1) is 0 Å². The fourth-order valence-corrected chi connectivity index (χ4v) is 7.11. The minimum absolute atomic E-state index is 0.116. The molecular weight excluding hydrogens is 747 g/mol. The molecule has 3 N–H and O–H groups in total. The van der Waals surface area contributed by atoms with Crippen LogP contribution in [0.2, 0.25) is 0 Å². The van der Waals surface area contributed by atoms with Crippen LogP contribution in [0.5, 0.6) is 0 Å². The predicted octanol–water partition coefficient (Wildman–Crippen LogP) is 10.8. The first-order valence-corrected chi connectivity index (χ1v) is 23.9. The van der Waals surface area contributed by atoms with Gasteiger partial charge in [-0.2, -0.15) is 0 Å². The zero-order valence-electron chi connectivity index (χ0n) is 35.9. The van der Waals surface area contributed by atoms with Crippen molar-refractivity contribution in [3.8, 4) is 0 Å². The summed E-state index contributed by atoms with van der Waals surface area (Å²) in [5, 5.41) is 18.4. The van der Waals surface area contributed by atoms with Crippen LogP contribution >= 0.6 is 7.82 Å². The average Bonchev–Trinajstić information content (AvgIpc) is 3.94. The maximum absolute atomic E-state index is 12.6. The van der Waals surface area contributed by atoms with Crippen LogP contribution in [-0.4, -0.2) is 77.9 Å². The summed E-state index contributed by atoms with van der Waals surface area (Å²) >= 11 is 0. The molecule has 0 spiro atoms. The lowest BCUT2D eigenvalue weighted by Gasteiger charge is -2.20. The Morgan fingerprint density at radius 2 is 1.25 bits per heavy atom. The lowest BCUT2D eigenvalue weighted by Crippen LogP contribution is -2.29. The highest BCUT2D eigenvalue weighted by Crippen LogP contribution is 2.43. The van der Waals surface area contributed by atoms with Gasteiger partial charge in [0.05, 0.1) is 32.0 Å². The Morgan fingerprint density at radius 3 is 1.86 bits per heavy atom. The van der Waals surface area contributed by atoms with E-state index in [1.54, 1.807) is 0 Å². The van der Waals surface area contributed by atoms with Gasteiger partial charge in [-0.05, 0) is 57.3 Å². The summed E-state index contributed by atoms with van der Waals surface area (Å²) in [4.78, 5) is 35.1. The molecule has 0 aromatic heterocycles. The van der Waals surface area contributed by atoms with Crippen molar-refractivity contribution in [1.82, 2.24) is 0 Å². The highest BCUT2D eigenvalue weighted by atomic mass is 31.2. The molecule has 1 heterocycles. The molecule has 1 fully saturated rings. The summed E-state index contributed by atoms with van der Waals surface area (Å²) in [7, 11) is -4.64. The third kappa shape index (κ3) is 34.7. The largest absolute Gasteiger partial charge is 0.472 e. The summed E-state index contributed by atoms with van der Waals surface area (Å²) in [6.07, 6.45) is 37.0. The number of phosphoric ester groups is 1. The van der Waals surface area contributed by atoms with E-state index in [9.17, 15) is 24.2 Å². The number of carbonyl (C=O) groups excluding carboxylic acids is 2. The SMILES string of the molecule is CCCCC/C=C\C/C=C\C/C=C\CC1OC1CCCC(=O)OC[C@H](COP(=O)(O)OC[C@@H](O)CO)OC(=O)CCCCCCCCCCCCCCCC(C)C. The van der Waals surface area contributed by atoms with E-state index >= 15 is 0 Å². The number of allylic oxidation sites excluding steroid dienone is 5. The van der Waals surface area contributed by atoms with Crippen molar-refractivity contribution in [3.63, 3.8) is 0 Å². The van der Waals surface area contributed by atoms with Crippen molar-refractivity contribution in [2.75, 3.05) is 26.4 Å². The van der Waals surface area contributed by atoms with Crippen LogP contribution < -0.4 is 0 Å². The van der Waals surface area contributed by atoms with E-state index in [4.69, 9.17) is 28.4 Å². The maximum atomic E-state index is 12.6. The zero-order valence-corrected chi connectivity index (χ0v) is 36.8. The average molecular weight is 829 g/mol. The van der Waals surface area contributed by atoms with Crippen LogP contribution in [0.3, 0.4) is 0 Å². The summed E-state index contributed by atoms with van der Waals surface area (Å²) in [6.45, 7) is 4.60. The summed E-state index contributed by atoms with van der Waals surface area (Å²) in [6, 6.07) is 0. The normalized spacial score (nSPS) is 17.8. The Bertz CT molecular complexity index is 1120. The molecule has 0 aromatic rings. The minimum atomic E-state index is -4.64. The molecule has 11 nitrogen and oxygen atoms in total. The summed E-state index contributed by atoms with van der Waals surface area (Å²) in [5.41, 5.74) is 0. The van der Waals surface area contributed by atoms with Crippen LogP contribution in [0.4, 0.5) is 0 Å². The Labute approximate surface area is 346 Å². The topological polar surface area (TPSA) is 161 Å². The Morgan fingerprint density at radius 1 is 0.684 bits per heavy atom. The van der Waals surface area contributed by atoms with Crippen LogP contribution in [0.15, 0.2) is 36.5 Å². The van der Waals surface area contributed by atoms with Crippen molar-refractivity contribution in [3.05, 3.63) is 36.5 Å². The Kier molecular flexibility index (Phi) is 33.6. The molecule has 0 radical (unpaired) electrons. The number of aliphatic hydroxyl groups is 2. The summed E-state index contributed by atoms with van der Waals surface area (Å²) < 4.78 is 38.5. The van der Waals surface area contributed by atoms with E-state index in [1.165, 1.54) is 83.5 Å². The third-order valence-corrected chi connectivity index (χ3v) is 10.9. The molecule has 0 aliphatic carbocycles. The number of ether oxygens (including phenoxy) is 3. The lowest BCUT2D eigenvalue weighted by atomic mass is 10.0. The van der Waals surface area contributed by atoms with E-state index in [0.717, 1.165) is 57.3 Å². The van der Waals surface area contributed by atoms with Gasteiger partial charge in [-0.1, -0.05) is 154 Å². The number of unbranched alkanes of at least 4 members (excludes halogenated alkanes) is 15. The number of rotatable bonds is 40. The lowest BCUT2D eigenvalue weighted by molar-refractivity contribution is -0.161. The highest BCUT2D eigenvalue weighted by molar-refractivity contribution is 7.47. The minimum Gasteiger partial charge on any atom is -0.462 e. The number of carbonyl (C=O) groups is 2. The van der Waals surface area contributed by atoms with Crippen molar-refractivity contribution in [2.45, 2.75) is 206 Å². The molecular formula is C45H81O11P. The quantitative estimate of drug-likeness (QED) is 0.0177. The van der Waals surface area contributed by atoms with Gasteiger partial charge < -0.3 is 29.3 Å². The zero-order chi connectivity index (χ0) is 41.8. The standard InChI is InChI=1S/C45H81O11P/c1-4-5-6-7-8-9-10-15-18-21-24-27-31-42-43(56-42)32-29-34-44(48)52-37-41(38-54-57(50,51)53-36-40(47)35-46)55-45(49)33-28-25-22-19-16-13-11-12-14-17-20-23-26-30-39(2)3/h8-9,15,18,24,27,39-43,46-47H,4-7,10-14,16-17,19-23,25-26,28-38H2,1-3H3,(H,50,51)/b9-8-,18-15-,27-24-/t40-,41+,42?,43?/m0/s1. The predicted molar refractivity (Wildman–Crippen MR) is 228 cm³/mol. The van der Waals surface area contributed by atoms with Crippen molar-refractivity contribution < 1.29 is 52.5 Å². The fraction of sp³-hybridized carbons (Fsp3) is 0.822. The van der Waals surface area contributed by atoms with E-state index < -0.39 is 51.8 Å². The number of hydrogen-bond donors (Lipinski definition) is 3. The van der Waals surface area contributed by atoms with Crippen molar-refractivity contribution >= 4 is 19.8 Å². The molecule has 0 amide bonds. The van der Waals surface area contributed by atoms with Gasteiger partial charge in [-0.25, -0.2) is 4.57 Å². The first kappa shape index (κ1) is 53.2. The van der Waals surface area contributed by atoms with Gasteiger partial charge in [0.2, 0.25) is 0 Å². The Balaban J connectivity index is 2.29. The second kappa shape index (κ2) is 36.0. The van der Waals surface area contributed by atoms with E-state index in [-0.39, 0.29) is 31.7 Å². The molecule has 1 saturated heterocycles. The molecule has 0 saturated carbocycles. The molecule has 57 heavy (non-hydrogen) atoms. The van der Waals surface area contributed by atoms with Gasteiger partial charge in [-0.3, -0.25) is 18.6 Å². The van der Waals surface area contributed by atoms with E-state index in [2.05, 4.69) is 57.2 Å². The van der Waals surface area contributed by atoms with Crippen molar-refractivity contribution in [1.29, 1.82) is 0 Å². The number of epoxide rings is 1. The molecule has 3 unspecified atom stereocenters. The van der Waals surface area contributed by atoms with Crippen LogP contribution in [0.1, 0.15) is 181 Å². The molecule has 0 bridgehead atoms. The molecule has 1 rings (SSSR count).